The van der Waals surface area contributed by atoms with E-state index in [1.54, 1.807) is 12.1 Å². The first-order valence-corrected chi connectivity index (χ1v) is 8.40. The van der Waals surface area contributed by atoms with E-state index in [2.05, 4.69) is 4.72 Å². The van der Waals surface area contributed by atoms with E-state index in [-0.39, 0.29) is 9.92 Å². The summed E-state index contributed by atoms with van der Waals surface area (Å²) in [7, 11) is -3.59. The zero-order valence-corrected chi connectivity index (χ0v) is 13.5. The number of aryl methyl sites for hydroxylation is 1. The van der Waals surface area contributed by atoms with Crippen molar-refractivity contribution in [3.8, 4) is 0 Å². The summed E-state index contributed by atoms with van der Waals surface area (Å²) in [6, 6.07) is 5.13. The molecular formula is C14H22ClNO2S. The minimum Gasteiger partial charge on any atom is -0.207 e. The van der Waals surface area contributed by atoms with Gasteiger partial charge in [-0.1, -0.05) is 37.9 Å². The number of nitrogens with one attached hydrogen (secondary N) is 1. The highest BCUT2D eigenvalue weighted by Crippen LogP contribution is 2.25. The molecule has 1 N–H and O–H groups in total. The summed E-state index contributed by atoms with van der Waals surface area (Å²) >= 11 is 6.02. The quantitative estimate of drug-likeness (QED) is 0.869. The minimum atomic E-state index is -3.59. The maximum Gasteiger partial charge on any atom is 0.242 e. The Morgan fingerprint density at radius 1 is 1.26 bits per heavy atom. The lowest BCUT2D eigenvalue weighted by molar-refractivity contribution is 0.418. The number of rotatable bonds is 6. The molecule has 0 radical (unpaired) electrons. The lowest BCUT2D eigenvalue weighted by Gasteiger charge is -2.25. The van der Waals surface area contributed by atoms with Crippen molar-refractivity contribution in [3.63, 3.8) is 0 Å². The van der Waals surface area contributed by atoms with Crippen molar-refractivity contribution in [2.75, 3.05) is 0 Å². The second-order valence-electron chi connectivity index (χ2n) is 5.36. The first-order chi connectivity index (χ1) is 8.72. The fraction of sp³-hybridized carbons (Fsp3) is 0.571. The molecule has 19 heavy (non-hydrogen) atoms. The van der Waals surface area contributed by atoms with Gasteiger partial charge in [0.25, 0.3) is 0 Å². The third kappa shape index (κ3) is 4.48. The predicted octanol–water partition coefficient (Wildman–Crippen LogP) is 3.76. The molecule has 3 nitrogen and oxygen atoms in total. The molecule has 0 aliphatic heterocycles. The zero-order valence-electron chi connectivity index (χ0n) is 12.0. The van der Waals surface area contributed by atoms with Crippen LogP contribution < -0.4 is 4.72 Å². The van der Waals surface area contributed by atoms with Gasteiger partial charge in [-0.05, 0) is 44.4 Å². The van der Waals surface area contributed by atoms with Gasteiger partial charge in [-0.3, -0.25) is 0 Å². The van der Waals surface area contributed by atoms with E-state index in [0.29, 0.717) is 0 Å². The number of hydrogen-bond donors (Lipinski definition) is 1. The molecule has 1 rings (SSSR count). The monoisotopic (exact) mass is 303 g/mol. The van der Waals surface area contributed by atoms with Crippen LogP contribution in [0.1, 0.15) is 46.1 Å². The third-order valence-electron chi connectivity index (χ3n) is 2.98. The Bertz CT molecular complexity index is 538. The smallest absolute Gasteiger partial charge is 0.207 e. The summed E-state index contributed by atoms with van der Waals surface area (Å²) in [5.41, 5.74) is 0.483. The van der Waals surface area contributed by atoms with Gasteiger partial charge >= 0.3 is 0 Å². The number of benzene rings is 1. The van der Waals surface area contributed by atoms with E-state index in [4.69, 9.17) is 11.6 Å². The number of sulfonamides is 1. The molecule has 0 bridgehead atoms. The van der Waals surface area contributed by atoms with Gasteiger partial charge in [0.05, 0.1) is 5.02 Å². The normalized spacial score (nSPS) is 12.7. The zero-order chi connectivity index (χ0) is 14.7. The summed E-state index contributed by atoms with van der Waals surface area (Å²) in [4.78, 5) is 0.165. The van der Waals surface area contributed by atoms with Crippen molar-refractivity contribution >= 4 is 21.6 Å². The molecule has 5 heteroatoms. The number of halogens is 1. The van der Waals surface area contributed by atoms with Crippen LogP contribution in [0.4, 0.5) is 0 Å². The lowest BCUT2D eigenvalue weighted by Crippen LogP contribution is -2.43. The molecule has 1 aromatic carbocycles. The highest BCUT2D eigenvalue weighted by molar-refractivity contribution is 7.89. The van der Waals surface area contributed by atoms with Gasteiger partial charge in [-0.2, -0.15) is 0 Å². The van der Waals surface area contributed by atoms with Crippen molar-refractivity contribution in [1.82, 2.24) is 4.72 Å². The highest BCUT2D eigenvalue weighted by atomic mass is 35.5. The van der Waals surface area contributed by atoms with Crippen molar-refractivity contribution < 1.29 is 8.42 Å². The van der Waals surface area contributed by atoms with Crippen LogP contribution in [-0.4, -0.2) is 14.0 Å². The Hall–Kier alpha value is -0.580. The Morgan fingerprint density at radius 3 is 2.42 bits per heavy atom. The second-order valence-corrected chi connectivity index (χ2v) is 7.42. The van der Waals surface area contributed by atoms with E-state index in [0.717, 1.165) is 24.8 Å². The third-order valence-corrected chi connectivity index (χ3v) is 5.16. The van der Waals surface area contributed by atoms with Crippen LogP contribution in [0, 0.1) is 0 Å². The summed E-state index contributed by atoms with van der Waals surface area (Å²) < 4.78 is 27.6. The summed E-state index contributed by atoms with van der Waals surface area (Å²) in [5, 5.41) is 0.261. The molecule has 0 amide bonds. The first kappa shape index (κ1) is 16.5. The van der Waals surface area contributed by atoms with Crippen LogP contribution in [0.25, 0.3) is 0 Å². The topological polar surface area (TPSA) is 46.2 Å². The van der Waals surface area contributed by atoms with Crippen molar-refractivity contribution in [3.05, 3.63) is 28.8 Å². The van der Waals surface area contributed by atoms with Gasteiger partial charge in [0.2, 0.25) is 10.0 Å². The molecule has 0 unspecified atom stereocenters. The predicted molar refractivity (Wildman–Crippen MR) is 80.1 cm³/mol. The minimum absolute atomic E-state index is 0.165. The van der Waals surface area contributed by atoms with Gasteiger partial charge in [-0.25, -0.2) is 13.1 Å². The summed E-state index contributed by atoms with van der Waals surface area (Å²) in [6.07, 6.45) is 2.47. The van der Waals surface area contributed by atoms with Gasteiger partial charge in [0.15, 0.2) is 0 Å². The SMILES string of the molecule is CCCC(C)(C)NS(=O)(=O)c1cc(CC)ccc1Cl. The maximum absolute atomic E-state index is 12.4. The fourth-order valence-electron chi connectivity index (χ4n) is 2.07. The largest absolute Gasteiger partial charge is 0.242 e. The van der Waals surface area contributed by atoms with Gasteiger partial charge < -0.3 is 0 Å². The first-order valence-electron chi connectivity index (χ1n) is 6.54. The summed E-state index contributed by atoms with van der Waals surface area (Å²) in [6.45, 7) is 7.77. The maximum atomic E-state index is 12.4. The molecule has 0 heterocycles. The van der Waals surface area contributed by atoms with Crippen LogP contribution >= 0.6 is 11.6 Å². The molecule has 0 saturated carbocycles. The van der Waals surface area contributed by atoms with Gasteiger partial charge in [0, 0.05) is 5.54 Å². The lowest BCUT2D eigenvalue weighted by atomic mass is 10.0. The molecule has 1 aromatic rings. The molecule has 108 valence electrons. The number of hydrogen-bond acceptors (Lipinski definition) is 2. The van der Waals surface area contributed by atoms with E-state index in [1.165, 1.54) is 0 Å². The highest BCUT2D eigenvalue weighted by Gasteiger charge is 2.27. The molecule has 0 saturated heterocycles. The average molecular weight is 304 g/mol. The van der Waals surface area contributed by atoms with E-state index >= 15 is 0 Å². The molecule has 0 fully saturated rings. The van der Waals surface area contributed by atoms with E-state index in [1.807, 2.05) is 33.8 Å². The molecule has 0 aromatic heterocycles. The van der Waals surface area contributed by atoms with E-state index in [9.17, 15) is 8.42 Å². The fourth-order valence-corrected chi connectivity index (χ4v) is 4.06. The van der Waals surface area contributed by atoms with Crippen molar-refractivity contribution in [2.45, 2.75) is 57.4 Å². The standard InChI is InChI=1S/C14H22ClNO2S/c1-5-9-14(3,4)16-19(17,18)13-10-11(6-2)7-8-12(13)15/h7-8,10,16H,5-6,9H2,1-4H3. The molecule has 0 aliphatic carbocycles. The van der Waals surface area contributed by atoms with Crippen molar-refractivity contribution in [2.24, 2.45) is 0 Å². The average Bonchev–Trinajstić information content (AvgIpc) is 2.27. The Morgan fingerprint density at radius 2 is 1.89 bits per heavy atom. The Kier molecular flexibility index (Phi) is 5.42. The van der Waals surface area contributed by atoms with Crippen LogP contribution in [0.5, 0.6) is 0 Å². The Labute approximate surface area is 121 Å². The second kappa shape index (κ2) is 6.25. The van der Waals surface area contributed by atoms with Crippen molar-refractivity contribution in [1.29, 1.82) is 0 Å². The molecule has 0 atom stereocenters. The van der Waals surface area contributed by atoms with Crippen LogP contribution in [0.3, 0.4) is 0 Å². The molecular weight excluding hydrogens is 282 g/mol. The summed E-state index contributed by atoms with van der Waals surface area (Å²) in [5.74, 6) is 0. The van der Waals surface area contributed by atoms with Gasteiger partial charge in [0.1, 0.15) is 4.90 Å². The van der Waals surface area contributed by atoms with Crippen LogP contribution in [-0.2, 0) is 16.4 Å². The van der Waals surface area contributed by atoms with Gasteiger partial charge in [-0.15, -0.1) is 0 Å². The van der Waals surface area contributed by atoms with Crippen LogP contribution in [0.15, 0.2) is 23.1 Å². The molecule has 0 spiro atoms. The molecule has 0 aliphatic rings. The van der Waals surface area contributed by atoms with Crippen LogP contribution in [0.2, 0.25) is 5.02 Å². The Balaban J connectivity index is 3.13. The van der Waals surface area contributed by atoms with E-state index < -0.39 is 15.6 Å².